The molecule has 0 aromatic carbocycles. The lowest BCUT2D eigenvalue weighted by Gasteiger charge is -2.27. The minimum Gasteiger partial charge on any atom is -0.383 e. The highest BCUT2D eigenvalue weighted by atomic mass is 32.1. The van der Waals surface area contributed by atoms with Crippen LogP contribution in [0.4, 0.5) is 5.82 Å². The van der Waals surface area contributed by atoms with Crippen molar-refractivity contribution in [2.45, 2.75) is 19.9 Å². The van der Waals surface area contributed by atoms with Crippen molar-refractivity contribution in [2.24, 2.45) is 0 Å². The largest absolute Gasteiger partial charge is 0.383 e. The fourth-order valence-corrected chi connectivity index (χ4v) is 4.91. The van der Waals surface area contributed by atoms with Crippen molar-refractivity contribution in [3.8, 4) is 0 Å². The second-order valence-corrected chi connectivity index (χ2v) is 7.69. The molecule has 0 amide bonds. The highest BCUT2D eigenvalue weighted by Crippen LogP contribution is 2.39. The fraction of sp³-hybridized carbons (Fsp3) is 0.647. The van der Waals surface area contributed by atoms with Crippen LogP contribution in [0, 0.1) is 0 Å². The standard InChI is InChI=1S/C17H25N7O2S/c1-4-22-6-5-12-13(11-22)27-16-14(12)15(18-17-19-20-21-24(16)17)23(7-9-25-2)8-10-26-3/h4-11H2,1-3H3. The molecule has 0 aliphatic carbocycles. The second-order valence-electron chi connectivity index (χ2n) is 6.60. The van der Waals surface area contributed by atoms with Crippen LogP contribution in [0.1, 0.15) is 17.4 Å². The van der Waals surface area contributed by atoms with Crippen LogP contribution in [-0.2, 0) is 22.4 Å². The molecule has 0 bridgehead atoms. The molecule has 0 N–H and O–H groups in total. The average Bonchev–Trinajstić information content (AvgIpc) is 3.31. The summed E-state index contributed by atoms with van der Waals surface area (Å²) in [6.45, 7) is 8.05. The predicted octanol–water partition coefficient (Wildman–Crippen LogP) is 1.21. The third-order valence-electron chi connectivity index (χ3n) is 5.07. The van der Waals surface area contributed by atoms with Gasteiger partial charge < -0.3 is 14.4 Å². The van der Waals surface area contributed by atoms with Gasteiger partial charge in [-0.3, -0.25) is 4.90 Å². The number of thiophene rings is 1. The molecule has 1 aliphatic rings. The van der Waals surface area contributed by atoms with E-state index in [9.17, 15) is 0 Å². The third-order valence-corrected chi connectivity index (χ3v) is 6.26. The Balaban J connectivity index is 1.88. The van der Waals surface area contributed by atoms with E-state index >= 15 is 0 Å². The number of hydrogen-bond donors (Lipinski definition) is 0. The Kier molecular flexibility index (Phi) is 5.48. The molecule has 0 radical (unpaired) electrons. The molecule has 27 heavy (non-hydrogen) atoms. The Morgan fingerprint density at radius 3 is 2.67 bits per heavy atom. The Labute approximate surface area is 161 Å². The topological polar surface area (TPSA) is 80.9 Å². The number of aromatic nitrogens is 5. The van der Waals surface area contributed by atoms with Crippen molar-refractivity contribution in [1.82, 2.24) is 29.9 Å². The van der Waals surface area contributed by atoms with Crippen LogP contribution in [0.5, 0.6) is 0 Å². The fourth-order valence-electron chi connectivity index (χ4n) is 3.58. The average molecular weight is 392 g/mol. The van der Waals surface area contributed by atoms with Gasteiger partial charge in [0.05, 0.1) is 18.6 Å². The Morgan fingerprint density at radius 2 is 1.96 bits per heavy atom. The predicted molar refractivity (Wildman–Crippen MR) is 105 cm³/mol. The molecule has 0 saturated heterocycles. The van der Waals surface area contributed by atoms with E-state index in [-0.39, 0.29) is 0 Å². The summed E-state index contributed by atoms with van der Waals surface area (Å²) < 4.78 is 12.4. The summed E-state index contributed by atoms with van der Waals surface area (Å²) in [7, 11) is 3.43. The SMILES string of the molecule is CCN1CCc2c(sc3c2c(N(CCOC)CCOC)nc2nnnn23)C1. The highest BCUT2D eigenvalue weighted by molar-refractivity contribution is 7.19. The molecule has 0 unspecified atom stereocenters. The number of tetrazole rings is 1. The van der Waals surface area contributed by atoms with E-state index in [0.717, 1.165) is 49.8 Å². The van der Waals surface area contributed by atoms with Gasteiger partial charge in [-0.1, -0.05) is 12.0 Å². The highest BCUT2D eigenvalue weighted by Gasteiger charge is 2.27. The van der Waals surface area contributed by atoms with Gasteiger partial charge >= 0.3 is 0 Å². The first kappa shape index (κ1) is 18.5. The van der Waals surface area contributed by atoms with Gasteiger partial charge in [0, 0.05) is 45.3 Å². The lowest BCUT2D eigenvalue weighted by molar-refractivity contribution is 0.190. The number of ether oxygens (including phenoxy) is 2. The molecule has 0 spiro atoms. The maximum absolute atomic E-state index is 5.32. The minimum absolute atomic E-state index is 0.531. The first-order chi connectivity index (χ1) is 13.3. The second kappa shape index (κ2) is 8.01. The van der Waals surface area contributed by atoms with Gasteiger partial charge in [0.15, 0.2) is 0 Å². The first-order valence-electron chi connectivity index (χ1n) is 9.24. The normalized spacial score (nSPS) is 14.9. The van der Waals surface area contributed by atoms with Crippen LogP contribution in [0.3, 0.4) is 0 Å². The summed E-state index contributed by atoms with van der Waals surface area (Å²) in [4.78, 5) is 12.0. The molecule has 0 fully saturated rings. The Morgan fingerprint density at radius 1 is 1.19 bits per heavy atom. The van der Waals surface area contributed by atoms with E-state index in [4.69, 9.17) is 14.5 Å². The number of methoxy groups -OCH3 is 2. The van der Waals surface area contributed by atoms with Crippen LogP contribution in [-0.4, -0.2) is 83.5 Å². The quantitative estimate of drug-likeness (QED) is 0.567. The van der Waals surface area contributed by atoms with Crippen LogP contribution in [0.25, 0.3) is 16.0 Å². The van der Waals surface area contributed by atoms with E-state index in [1.54, 1.807) is 30.1 Å². The van der Waals surface area contributed by atoms with Crippen molar-refractivity contribution in [2.75, 3.05) is 58.5 Å². The molecule has 10 heteroatoms. The van der Waals surface area contributed by atoms with E-state index in [1.165, 1.54) is 15.8 Å². The van der Waals surface area contributed by atoms with Gasteiger partial charge in [0.2, 0.25) is 0 Å². The summed E-state index contributed by atoms with van der Waals surface area (Å²) in [5.74, 6) is 1.46. The van der Waals surface area contributed by atoms with E-state index in [0.29, 0.717) is 19.0 Å². The Bertz CT molecular complexity index is 917. The van der Waals surface area contributed by atoms with Crippen LogP contribution in [0.2, 0.25) is 0 Å². The van der Waals surface area contributed by atoms with E-state index < -0.39 is 0 Å². The molecular formula is C17H25N7O2S. The molecule has 3 aromatic rings. The number of likely N-dealkylation sites (N-methyl/N-ethyl adjacent to an activating group) is 1. The smallest absolute Gasteiger partial charge is 0.276 e. The van der Waals surface area contributed by atoms with Crippen molar-refractivity contribution < 1.29 is 9.47 Å². The molecular weight excluding hydrogens is 366 g/mol. The molecule has 146 valence electrons. The van der Waals surface area contributed by atoms with Gasteiger partial charge in [-0.25, -0.2) is 0 Å². The van der Waals surface area contributed by atoms with Crippen molar-refractivity contribution in [3.63, 3.8) is 0 Å². The molecule has 4 rings (SSSR count). The van der Waals surface area contributed by atoms with Crippen LogP contribution < -0.4 is 4.90 Å². The zero-order chi connectivity index (χ0) is 18.8. The third kappa shape index (κ3) is 3.38. The summed E-state index contributed by atoms with van der Waals surface area (Å²) in [5.41, 5.74) is 1.39. The molecule has 3 aromatic heterocycles. The van der Waals surface area contributed by atoms with Gasteiger partial charge in [0.25, 0.3) is 5.78 Å². The number of fused-ring (bicyclic) bond motifs is 5. The number of anilines is 1. The number of nitrogens with zero attached hydrogens (tertiary/aromatic N) is 7. The van der Waals surface area contributed by atoms with Crippen molar-refractivity contribution >= 4 is 33.1 Å². The van der Waals surface area contributed by atoms with Crippen LogP contribution >= 0.6 is 11.3 Å². The minimum atomic E-state index is 0.531. The van der Waals surface area contributed by atoms with Gasteiger partial charge in [-0.15, -0.1) is 11.3 Å². The molecule has 0 saturated carbocycles. The van der Waals surface area contributed by atoms with Crippen molar-refractivity contribution in [1.29, 1.82) is 0 Å². The zero-order valence-electron chi connectivity index (χ0n) is 16.0. The number of rotatable bonds is 8. The molecule has 9 nitrogen and oxygen atoms in total. The molecule has 0 atom stereocenters. The maximum Gasteiger partial charge on any atom is 0.276 e. The Hall–Kier alpha value is -1.88. The monoisotopic (exact) mass is 391 g/mol. The first-order valence-corrected chi connectivity index (χ1v) is 10.1. The maximum atomic E-state index is 5.32. The summed E-state index contributed by atoms with van der Waals surface area (Å²) in [6, 6.07) is 0. The van der Waals surface area contributed by atoms with Crippen molar-refractivity contribution in [3.05, 3.63) is 10.4 Å². The van der Waals surface area contributed by atoms with E-state index in [1.807, 2.05) is 0 Å². The molecule has 4 heterocycles. The summed E-state index contributed by atoms with van der Waals surface area (Å²) in [6.07, 6.45) is 1.02. The number of hydrogen-bond acceptors (Lipinski definition) is 9. The summed E-state index contributed by atoms with van der Waals surface area (Å²) >= 11 is 1.78. The van der Waals surface area contributed by atoms with Gasteiger partial charge in [0.1, 0.15) is 10.6 Å². The van der Waals surface area contributed by atoms with E-state index in [2.05, 4.69) is 32.2 Å². The molecule has 1 aliphatic heterocycles. The zero-order valence-corrected chi connectivity index (χ0v) is 16.8. The lowest BCUT2D eigenvalue weighted by atomic mass is 10.0. The van der Waals surface area contributed by atoms with Gasteiger partial charge in [-0.05, 0) is 29.0 Å². The van der Waals surface area contributed by atoms with Crippen LogP contribution in [0.15, 0.2) is 0 Å². The van der Waals surface area contributed by atoms with Gasteiger partial charge in [-0.2, -0.15) is 9.50 Å². The lowest BCUT2D eigenvalue weighted by Crippen LogP contribution is -2.32. The summed E-state index contributed by atoms with van der Waals surface area (Å²) in [5, 5.41) is 13.3.